The molecule has 2 aliphatic rings. The molecule has 2 aromatic rings. The summed E-state index contributed by atoms with van der Waals surface area (Å²) in [5, 5.41) is 30.8. The number of nitrogens with zero attached hydrogens (tertiary/aromatic N) is 3. The molecule has 1 fully saturated rings. The molecule has 1 aromatic heterocycles. The van der Waals surface area contributed by atoms with Crippen LogP contribution in [-0.2, 0) is 16.0 Å². The second kappa shape index (κ2) is 8.60. The number of non-ortho nitro benzene ring substituents is 1. The lowest BCUT2D eigenvalue weighted by molar-refractivity contribution is -0.384. The number of β-lactam (4-membered cyclic amide) rings is 1. The van der Waals surface area contributed by atoms with Crippen molar-refractivity contribution in [2.75, 3.05) is 0 Å². The molecule has 2 aliphatic heterocycles. The van der Waals surface area contributed by atoms with Crippen molar-refractivity contribution < 1.29 is 24.7 Å². The summed E-state index contributed by atoms with van der Waals surface area (Å²) in [6, 6.07) is 9.36. The zero-order valence-electron chi connectivity index (χ0n) is 18.0. The molecule has 10 heteroatoms. The van der Waals surface area contributed by atoms with E-state index in [0.29, 0.717) is 6.42 Å². The van der Waals surface area contributed by atoms with Gasteiger partial charge in [-0.15, -0.1) is 12.6 Å². The Morgan fingerprint density at radius 2 is 1.94 bits per heavy atom. The summed E-state index contributed by atoms with van der Waals surface area (Å²) in [6.45, 7) is 3.49. The Bertz CT molecular complexity index is 1160. The maximum absolute atomic E-state index is 12.6. The Kier molecular flexibility index (Phi) is 5.98. The largest absolute Gasteiger partial charge is 0.477 e. The van der Waals surface area contributed by atoms with Crippen LogP contribution in [-0.4, -0.2) is 49.0 Å². The van der Waals surface area contributed by atoms with E-state index < -0.39 is 40.8 Å². The number of carbonyl (C=O) groups is 2. The molecule has 1 amide bonds. The summed E-state index contributed by atoms with van der Waals surface area (Å²) in [5.41, 5.74) is 2.23. The van der Waals surface area contributed by atoms with Gasteiger partial charge in [0.1, 0.15) is 5.70 Å². The number of nitro groups is 1. The number of aromatic nitrogens is 1. The molecule has 1 aromatic carbocycles. The number of rotatable bonds is 7. The summed E-state index contributed by atoms with van der Waals surface area (Å²) in [6.07, 6.45) is 1.27. The fraction of sp³-hybridized carbons (Fsp3) is 0.348. The van der Waals surface area contributed by atoms with Crippen LogP contribution in [0, 0.1) is 16.0 Å². The van der Waals surface area contributed by atoms with E-state index in [2.05, 4.69) is 17.6 Å². The Labute approximate surface area is 195 Å². The smallest absolute Gasteiger partial charge is 0.353 e. The van der Waals surface area contributed by atoms with Crippen LogP contribution in [0.15, 0.2) is 53.2 Å². The van der Waals surface area contributed by atoms with Crippen LogP contribution < -0.4 is 0 Å². The van der Waals surface area contributed by atoms with Gasteiger partial charge in [0.05, 0.1) is 23.0 Å². The van der Waals surface area contributed by atoms with Gasteiger partial charge >= 0.3 is 5.97 Å². The van der Waals surface area contributed by atoms with Crippen molar-refractivity contribution in [1.82, 2.24) is 9.88 Å². The number of carboxylic acid groups (broad SMARTS) is 1. The number of fused-ring (bicyclic) bond motifs is 1. The molecule has 0 spiro atoms. The van der Waals surface area contributed by atoms with Crippen molar-refractivity contribution in [3.05, 3.63) is 80.1 Å². The Balaban J connectivity index is 1.70. The number of nitro benzene ring substituents is 1. The number of thiol groups is 1. The third-order valence-corrected chi connectivity index (χ3v) is 6.88. The van der Waals surface area contributed by atoms with E-state index in [1.807, 2.05) is 13.0 Å². The maximum atomic E-state index is 12.6. The second-order valence-corrected chi connectivity index (χ2v) is 8.97. The fourth-order valence-corrected chi connectivity index (χ4v) is 5.42. The summed E-state index contributed by atoms with van der Waals surface area (Å²) in [4.78, 5) is 41.1. The molecule has 33 heavy (non-hydrogen) atoms. The first kappa shape index (κ1) is 22.9. The van der Waals surface area contributed by atoms with Gasteiger partial charge < -0.3 is 15.1 Å². The molecule has 3 heterocycles. The van der Waals surface area contributed by atoms with Crippen LogP contribution in [0.2, 0.25) is 0 Å². The SMILES string of the molecule is CC(Cc1ccc([N+](=O)[O-])cc1)c1ncccc1C1C(S)=C(C(=O)O)N2C(=O)[C@@H]([C@@H](C)O)C12. The average molecular weight is 470 g/mol. The van der Waals surface area contributed by atoms with E-state index in [-0.39, 0.29) is 22.2 Å². The predicted octanol–water partition coefficient (Wildman–Crippen LogP) is 2.87. The van der Waals surface area contributed by atoms with Crippen molar-refractivity contribution in [3.8, 4) is 0 Å². The molecule has 2 N–H and O–H groups in total. The lowest BCUT2D eigenvalue weighted by atomic mass is 9.74. The molecule has 9 nitrogen and oxygen atoms in total. The van der Waals surface area contributed by atoms with Crippen LogP contribution >= 0.6 is 12.6 Å². The quantitative estimate of drug-likeness (QED) is 0.246. The number of benzene rings is 1. The molecular formula is C23H23N3O6S. The molecule has 0 aliphatic carbocycles. The first-order chi connectivity index (χ1) is 15.6. The number of carboxylic acids is 1. The standard InChI is InChI=1S/C23H23N3O6S/c1-11(10-13-5-7-14(8-6-13)26(31)32)18-15(4-3-9-24-18)17-19-16(12(2)27)22(28)25(19)20(21(17)33)23(29)30/h3-9,11-12,16-17,19,27,33H,10H2,1-2H3,(H,29,30)/t11?,12-,16+,17?,19?/m1/s1. The lowest BCUT2D eigenvalue weighted by Crippen LogP contribution is -2.63. The monoisotopic (exact) mass is 469 g/mol. The molecule has 172 valence electrons. The summed E-state index contributed by atoms with van der Waals surface area (Å²) in [5.74, 6) is -3.03. The lowest BCUT2D eigenvalue weighted by Gasteiger charge is -2.47. The van der Waals surface area contributed by atoms with Crippen LogP contribution in [0.5, 0.6) is 0 Å². The van der Waals surface area contributed by atoms with Crippen molar-refractivity contribution in [2.24, 2.45) is 5.92 Å². The first-order valence-corrected chi connectivity index (χ1v) is 10.9. The van der Waals surface area contributed by atoms with Gasteiger partial charge in [-0.25, -0.2) is 4.79 Å². The van der Waals surface area contributed by atoms with Gasteiger partial charge in [0.15, 0.2) is 0 Å². The fourth-order valence-electron chi connectivity index (χ4n) is 4.92. The first-order valence-electron chi connectivity index (χ1n) is 10.5. The van der Waals surface area contributed by atoms with E-state index in [9.17, 15) is 29.9 Å². The van der Waals surface area contributed by atoms with Gasteiger partial charge in [0.25, 0.3) is 5.69 Å². The van der Waals surface area contributed by atoms with Crippen LogP contribution in [0.25, 0.3) is 0 Å². The molecule has 3 unspecified atom stereocenters. The molecule has 4 rings (SSSR count). The minimum atomic E-state index is -1.24. The van der Waals surface area contributed by atoms with Gasteiger partial charge in [-0.2, -0.15) is 0 Å². The van der Waals surface area contributed by atoms with Crippen LogP contribution in [0.1, 0.15) is 42.5 Å². The number of hydrogen-bond donors (Lipinski definition) is 3. The normalized spacial score (nSPS) is 23.7. The number of hydrogen-bond acceptors (Lipinski definition) is 7. The van der Waals surface area contributed by atoms with Gasteiger partial charge in [0, 0.05) is 40.8 Å². The molecule has 0 bridgehead atoms. The zero-order valence-corrected chi connectivity index (χ0v) is 18.8. The number of aliphatic hydroxyl groups is 1. The van der Waals surface area contributed by atoms with Gasteiger partial charge in [-0.1, -0.05) is 25.1 Å². The molecule has 0 saturated carbocycles. The van der Waals surface area contributed by atoms with Crippen LogP contribution in [0.4, 0.5) is 5.69 Å². The van der Waals surface area contributed by atoms with Crippen molar-refractivity contribution >= 4 is 30.2 Å². The number of aliphatic carboxylic acids is 1. The van der Waals surface area contributed by atoms with E-state index in [0.717, 1.165) is 16.8 Å². The van der Waals surface area contributed by atoms with E-state index >= 15 is 0 Å². The van der Waals surface area contributed by atoms with E-state index in [4.69, 9.17) is 0 Å². The predicted molar refractivity (Wildman–Crippen MR) is 122 cm³/mol. The highest BCUT2D eigenvalue weighted by molar-refractivity contribution is 7.84. The number of amides is 1. The summed E-state index contributed by atoms with van der Waals surface area (Å²) in [7, 11) is 0. The third-order valence-electron chi connectivity index (χ3n) is 6.39. The molecule has 1 saturated heterocycles. The minimum absolute atomic E-state index is 0.0147. The summed E-state index contributed by atoms with van der Waals surface area (Å²) >= 11 is 4.52. The molecule has 5 atom stereocenters. The average Bonchev–Trinajstić information content (AvgIpc) is 3.02. The highest BCUT2D eigenvalue weighted by Crippen LogP contribution is 2.53. The van der Waals surface area contributed by atoms with Crippen LogP contribution in [0.3, 0.4) is 0 Å². The number of carbonyl (C=O) groups excluding carboxylic acids is 1. The Morgan fingerprint density at radius 1 is 1.27 bits per heavy atom. The minimum Gasteiger partial charge on any atom is -0.477 e. The number of pyridine rings is 1. The van der Waals surface area contributed by atoms with Crippen molar-refractivity contribution in [2.45, 2.75) is 44.2 Å². The van der Waals surface area contributed by atoms with Crippen molar-refractivity contribution in [1.29, 1.82) is 0 Å². The van der Waals surface area contributed by atoms with Gasteiger partial charge in [-0.05, 0) is 30.5 Å². The van der Waals surface area contributed by atoms with Crippen molar-refractivity contribution in [3.63, 3.8) is 0 Å². The van der Waals surface area contributed by atoms with Gasteiger partial charge in [0.2, 0.25) is 5.91 Å². The third kappa shape index (κ3) is 3.79. The summed E-state index contributed by atoms with van der Waals surface area (Å²) < 4.78 is 0. The Hall–Kier alpha value is -3.24. The molecule has 0 radical (unpaired) electrons. The van der Waals surface area contributed by atoms with E-state index in [1.165, 1.54) is 24.0 Å². The Morgan fingerprint density at radius 3 is 2.52 bits per heavy atom. The maximum Gasteiger partial charge on any atom is 0.353 e. The second-order valence-electron chi connectivity index (χ2n) is 8.49. The zero-order chi connectivity index (χ0) is 24.0. The van der Waals surface area contributed by atoms with E-state index in [1.54, 1.807) is 24.4 Å². The van der Waals surface area contributed by atoms with Gasteiger partial charge in [-0.3, -0.25) is 19.9 Å². The number of aliphatic hydroxyl groups excluding tert-OH is 1. The topological polar surface area (TPSA) is 134 Å². The highest BCUT2D eigenvalue weighted by atomic mass is 32.1. The highest BCUT2D eigenvalue weighted by Gasteiger charge is 2.61. The molecular weight excluding hydrogens is 446 g/mol.